The molecular formula is C19H30N4O3Si. The van der Waals surface area contributed by atoms with Crippen molar-refractivity contribution in [2.45, 2.75) is 38.5 Å². The minimum Gasteiger partial charge on any atom is -0.365 e. The van der Waals surface area contributed by atoms with Gasteiger partial charge in [0.05, 0.1) is 25.0 Å². The summed E-state index contributed by atoms with van der Waals surface area (Å²) in [7, 11) is 0.561. The number of aromatic nitrogens is 2. The maximum absolute atomic E-state index is 11.9. The monoisotopic (exact) mass is 390 g/mol. The van der Waals surface area contributed by atoms with Gasteiger partial charge in [-0.05, 0) is 18.2 Å². The fourth-order valence-electron chi connectivity index (χ4n) is 3.09. The van der Waals surface area contributed by atoms with Crippen LogP contribution in [-0.4, -0.2) is 63.0 Å². The van der Waals surface area contributed by atoms with E-state index in [1.807, 2.05) is 17.0 Å². The lowest BCUT2D eigenvalue weighted by atomic mass is 10.2. The molecule has 0 radical (unpaired) electrons. The van der Waals surface area contributed by atoms with Crippen molar-refractivity contribution < 1.29 is 14.3 Å². The quantitative estimate of drug-likeness (QED) is 0.580. The third-order valence-electron chi connectivity index (χ3n) is 4.78. The Kier molecular flexibility index (Phi) is 6.18. The Balaban J connectivity index is 1.65. The van der Waals surface area contributed by atoms with Crippen LogP contribution in [0.15, 0.2) is 24.5 Å². The number of hydrogen-bond donors (Lipinski definition) is 1. The normalized spacial score (nSPS) is 18.1. The first-order chi connectivity index (χ1) is 12.9. The molecular weight excluding hydrogens is 360 g/mol. The predicted molar refractivity (Wildman–Crippen MR) is 110 cm³/mol. The van der Waals surface area contributed by atoms with E-state index in [0.717, 1.165) is 35.9 Å². The van der Waals surface area contributed by atoms with Crippen LogP contribution in [0.5, 0.6) is 0 Å². The molecule has 1 saturated heterocycles. The first kappa shape index (κ1) is 19.8. The fourth-order valence-corrected chi connectivity index (χ4v) is 3.84. The van der Waals surface area contributed by atoms with Crippen molar-refractivity contribution in [1.82, 2.24) is 14.9 Å². The van der Waals surface area contributed by atoms with Gasteiger partial charge in [0.2, 0.25) is 0 Å². The van der Waals surface area contributed by atoms with Crippen LogP contribution in [0.25, 0.3) is 11.0 Å². The van der Waals surface area contributed by atoms with Crippen molar-refractivity contribution in [2.75, 3.05) is 38.3 Å². The van der Waals surface area contributed by atoms with E-state index >= 15 is 0 Å². The molecule has 1 unspecified atom stereocenters. The predicted octanol–water partition coefficient (Wildman–Crippen LogP) is 2.30. The number of likely N-dealkylation sites (N-methyl/N-ethyl adjacent to an activating group) is 1. The molecule has 0 saturated carbocycles. The number of ether oxygens (including phenoxy) is 2. The van der Waals surface area contributed by atoms with Crippen LogP contribution in [0.4, 0.5) is 5.69 Å². The molecule has 8 heteroatoms. The second-order valence-corrected chi connectivity index (χ2v) is 13.8. The molecule has 3 heterocycles. The zero-order valence-corrected chi connectivity index (χ0v) is 17.7. The topological polar surface area (TPSA) is 68.6 Å². The van der Waals surface area contributed by atoms with Gasteiger partial charge in [-0.1, -0.05) is 19.6 Å². The summed E-state index contributed by atoms with van der Waals surface area (Å²) in [6.07, 6.45) is 3.44. The number of hydrogen-bond acceptors (Lipinski definition) is 5. The minimum atomic E-state index is -1.07. The van der Waals surface area contributed by atoms with E-state index in [-0.39, 0.29) is 5.91 Å². The molecule has 1 atom stereocenters. The molecule has 0 aromatic carbocycles. The van der Waals surface area contributed by atoms with Gasteiger partial charge < -0.3 is 24.3 Å². The largest absolute Gasteiger partial charge is 0.365 e. The van der Waals surface area contributed by atoms with Crippen molar-refractivity contribution in [1.29, 1.82) is 0 Å². The van der Waals surface area contributed by atoms with Crippen LogP contribution < -0.4 is 10.2 Å². The molecule has 1 fully saturated rings. The summed E-state index contributed by atoms with van der Waals surface area (Å²) in [5.41, 5.74) is 1.93. The molecule has 7 nitrogen and oxygen atoms in total. The highest BCUT2D eigenvalue weighted by Crippen LogP contribution is 2.23. The molecule has 2 aromatic heterocycles. The Morgan fingerprint density at radius 3 is 3.00 bits per heavy atom. The standard InChI is InChI=1S/C19H30N4O3Si/c1-20-19(24)17-13-22(7-8-26-17)16-11-15-5-6-23(18(15)21-12-16)14-25-9-10-27(2,3)4/h5-6,11-12,17H,7-10,13-14H2,1-4H3,(H,20,24). The van der Waals surface area contributed by atoms with E-state index < -0.39 is 14.2 Å². The fraction of sp³-hybridized carbons (Fsp3) is 0.579. The van der Waals surface area contributed by atoms with Gasteiger partial charge >= 0.3 is 0 Å². The second-order valence-electron chi connectivity index (χ2n) is 8.16. The Hall–Kier alpha value is -1.90. The van der Waals surface area contributed by atoms with Crippen LogP contribution in [0.3, 0.4) is 0 Å². The van der Waals surface area contributed by atoms with E-state index in [1.54, 1.807) is 7.05 Å². The lowest BCUT2D eigenvalue weighted by molar-refractivity contribution is -0.132. The molecule has 0 aliphatic carbocycles. The summed E-state index contributed by atoms with van der Waals surface area (Å²) in [5, 5.41) is 3.73. The third-order valence-corrected chi connectivity index (χ3v) is 6.49. The summed E-state index contributed by atoms with van der Waals surface area (Å²) >= 11 is 0. The number of carbonyl (C=O) groups excluding carboxylic acids is 1. The smallest absolute Gasteiger partial charge is 0.250 e. The Morgan fingerprint density at radius 2 is 2.26 bits per heavy atom. The molecule has 1 aliphatic rings. The van der Waals surface area contributed by atoms with Gasteiger partial charge in [-0.15, -0.1) is 0 Å². The Morgan fingerprint density at radius 1 is 1.44 bits per heavy atom. The number of nitrogens with one attached hydrogen (secondary N) is 1. The number of carbonyl (C=O) groups is 1. The van der Waals surface area contributed by atoms with Gasteiger partial charge in [0.1, 0.15) is 12.4 Å². The summed E-state index contributed by atoms with van der Waals surface area (Å²) in [5.74, 6) is -0.0876. The van der Waals surface area contributed by atoms with Crippen molar-refractivity contribution in [2.24, 2.45) is 0 Å². The Bertz CT molecular complexity index is 787. The van der Waals surface area contributed by atoms with Crippen LogP contribution in [0.1, 0.15) is 0 Å². The highest BCUT2D eigenvalue weighted by Gasteiger charge is 2.26. The number of morpholine rings is 1. The van der Waals surface area contributed by atoms with Crippen molar-refractivity contribution in [3.8, 4) is 0 Å². The number of pyridine rings is 1. The van der Waals surface area contributed by atoms with Crippen molar-refractivity contribution >= 4 is 30.7 Å². The summed E-state index contributed by atoms with van der Waals surface area (Å²) in [4.78, 5) is 18.6. The number of nitrogens with zero attached hydrogens (tertiary/aromatic N) is 3. The van der Waals surface area contributed by atoms with Crippen LogP contribution in [0.2, 0.25) is 25.7 Å². The molecule has 3 rings (SSSR count). The van der Waals surface area contributed by atoms with Gasteiger partial charge in [-0.2, -0.15) is 0 Å². The molecule has 0 spiro atoms. The second kappa shape index (κ2) is 8.41. The zero-order valence-electron chi connectivity index (χ0n) is 16.7. The van der Waals surface area contributed by atoms with E-state index in [9.17, 15) is 4.79 Å². The molecule has 27 heavy (non-hydrogen) atoms. The van der Waals surface area contributed by atoms with Crippen molar-refractivity contribution in [3.63, 3.8) is 0 Å². The maximum atomic E-state index is 11.9. The number of anilines is 1. The maximum Gasteiger partial charge on any atom is 0.250 e. The average Bonchev–Trinajstić information content (AvgIpc) is 3.06. The SMILES string of the molecule is CNC(=O)C1CN(c2cnc3c(ccn3COCC[Si](C)(C)C)c2)CCO1. The number of fused-ring (bicyclic) bond motifs is 1. The van der Waals surface area contributed by atoms with Gasteiger partial charge in [-0.25, -0.2) is 4.98 Å². The minimum absolute atomic E-state index is 0.0876. The lowest BCUT2D eigenvalue weighted by Crippen LogP contribution is -2.49. The highest BCUT2D eigenvalue weighted by molar-refractivity contribution is 6.76. The van der Waals surface area contributed by atoms with Gasteiger partial charge in [0.15, 0.2) is 6.10 Å². The van der Waals surface area contributed by atoms with Crippen molar-refractivity contribution in [3.05, 3.63) is 24.5 Å². The molecule has 1 amide bonds. The number of amides is 1. The van der Waals surface area contributed by atoms with E-state index in [4.69, 9.17) is 9.47 Å². The van der Waals surface area contributed by atoms with Gasteiger partial charge in [0.25, 0.3) is 5.91 Å². The zero-order chi connectivity index (χ0) is 19.4. The lowest BCUT2D eigenvalue weighted by Gasteiger charge is -2.33. The van der Waals surface area contributed by atoms with Gasteiger partial charge in [0, 0.05) is 39.9 Å². The third kappa shape index (κ3) is 5.09. The van der Waals surface area contributed by atoms with Crippen LogP contribution in [0, 0.1) is 0 Å². The van der Waals surface area contributed by atoms with Gasteiger partial charge in [-0.3, -0.25) is 4.79 Å². The molecule has 1 N–H and O–H groups in total. The van der Waals surface area contributed by atoms with E-state index in [1.165, 1.54) is 0 Å². The van der Waals surface area contributed by atoms with Crippen LogP contribution >= 0.6 is 0 Å². The van der Waals surface area contributed by atoms with E-state index in [0.29, 0.717) is 19.9 Å². The van der Waals surface area contributed by atoms with Crippen LogP contribution in [-0.2, 0) is 21.0 Å². The molecule has 148 valence electrons. The highest BCUT2D eigenvalue weighted by atomic mass is 28.3. The first-order valence-electron chi connectivity index (χ1n) is 9.48. The molecule has 2 aromatic rings. The van der Waals surface area contributed by atoms with E-state index in [2.05, 4.69) is 47.0 Å². The summed E-state index contributed by atoms with van der Waals surface area (Å²) in [6.45, 7) is 10.2. The molecule has 1 aliphatic heterocycles. The average molecular weight is 391 g/mol. The number of rotatable bonds is 7. The summed E-state index contributed by atoms with van der Waals surface area (Å²) in [6, 6.07) is 5.34. The molecule has 0 bridgehead atoms. The first-order valence-corrected chi connectivity index (χ1v) is 13.2. The Labute approximate surface area is 161 Å². The summed E-state index contributed by atoms with van der Waals surface area (Å²) < 4.78 is 13.4.